The first-order chi connectivity index (χ1) is 10.6. The fraction of sp³-hybridized carbons (Fsp3) is 0.944. The van der Waals surface area contributed by atoms with Crippen molar-refractivity contribution in [1.82, 2.24) is 0 Å². The van der Waals surface area contributed by atoms with E-state index in [1.165, 1.54) is 64.2 Å². The van der Waals surface area contributed by atoms with Crippen LogP contribution in [0, 0.1) is 0 Å². The number of rotatable bonds is 16. The molecule has 0 spiro atoms. The van der Waals surface area contributed by atoms with Crippen LogP contribution in [-0.4, -0.2) is 28.3 Å². The molecule has 0 rings (SSSR count). The van der Waals surface area contributed by atoms with Crippen molar-refractivity contribution in [2.75, 3.05) is 0 Å². The van der Waals surface area contributed by atoms with Gasteiger partial charge < -0.3 is 15.9 Å². The van der Waals surface area contributed by atoms with Gasteiger partial charge in [0.2, 0.25) is 0 Å². The van der Waals surface area contributed by atoms with Crippen LogP contribution in [-0.2, 0) is 4.79 Å². The van der Waals surface area contributed by atoms with Gasteiger partial charge in [-0.1, -0.05) is 84.0 Å². The van der Waals surface area contributed by atoms with Crippen LogP contribution in [0.5, 0.6) is 0 Å². The predicted molar refractivity (Wildman–Crippen MR) is 99.2 cm³/mol. The molecule has 0 fully saturated rings. The molecule has 0 aliphatic carbocycles. The lowest BCUT2D eigenvalue weighted by Crippen LogP contribution is -2.36. The van der Waals surface area contributed by atoms with Crippen molar-refractivity contribution < 1.29 is 15.0 Å². The minimum absolute atomic E-state index is 0. The fourth-order valence-electron chi connectivity index (χ4n) is 2.74. The van der Waals surface area contributed by atoms with Crippen molar-refractivity contribution in [3.05, 3.63) is 0 Å². The Morgan fingerprint density at radius 2 is 1.26 bits per heavy atom. The minimum Gasteiger partial charge on any atom is -0.481 e. The molecule has 0 saturated heterocycles. The van der Waals surface area contributed by atoms with E-state index in [2.05, 4.69) is 6.92 Å². The number of aliphatic hydroxyl groups is 1. The lowest BCUT2D eigenvalue weighted by atomic mass is 10.0. The van der Waals surface area contributed by atoms with E-state index in [4.69, 9.17) is 10.8 Å². The molecule has 2 atom stereocenters. The van der Waals surface area contributed by atoms with Gasteiger partial charge in [0.25, 0.3) is 0 Å². The summed E-state index contributed by atoms with van der Waals surface area (Å²) in [5.41, 5.74) is 5.78. The maximum atomic E-state index is 10.5. The average Bonchev–Trinajstić information content (AvgIpc) is 2.47. The lowest BCUT2D eigenvalue weighted by molar-refractivity contribution is -0.139. The second kappa shape index (κ2) is 18.0. The van der Waals surface area contributed by atoms with Gasteiger partial charge in [0.05, 0.1) is 12.5 Å². The molecule has 0 bridgehead atoms. The lowest BCUT2D eigenvalue weighted by Gasteiger charge is -2.16. The van der Waals surface area contributed by atoms with Crippen LogP contribution in [0.4, 0.5) is 0 Å². The Kier molecular flexibility index (Phi) is 19.5. The fourth-order valence-corrected chi connectivity index (χ4v) is 2.74. The van der Waals surface area contributed by atoms with Gasteiger partial charge in [-0.25, -0.2) is 0 Å². The quantitative estimate of drug-likeness (QED) is 0.353. The van der Waals surface area contributed by atoms with E-state index < -0.39 is 18.1 Å². The highest BCUT2D eigenvalue weighted by molar-refractivity contribution is 5.85. The maximum absolute atomic E-state index is 10.5. The molecular weight excluding hydrogens is 314 g/mol. The largest absolute Gasteiger partial charge is 0.481 e. The third-order valence-electron chi connectivity index (χ3n) is 4.27. The molecule has 0 aromatic carbocycles. The summed E-state index contributed by atoms with van der Waals surface area (Å²) in [6, 6.07) is -0.403. The SMILES string of the molecule is CCCCCCCCCCCCCCC(N)[C@@H](O)CC(=O)O.Cl. The Labute approximate surface area is 148 Å². The minimum atomic E-state index is -0.988. The predicted octanol–water partition coefficient (Wildman–Crippen LogP) is 4.66. The molecule has 0 aliphatic heterocycles. The Morgan fingerprint density at radius 3 is 1.65 bits per heavy atom. The number of aliphatic hydroxyl groups excluding tert-OH is 1. The van der Waals surface area contributed by atoms with Crippen LogP contribution < -0.4 is 5.73 Å². The highest BCUT2D eigenvalue weighted by Gasteiger charge is 2.17. The maximum Gasteiger partial charge on any atom is 0.306 e. The number of carboxylic acid groups (broad SMARTS) is 1. The zero-order valence-corrected chi connectivity index (χ0v) is 15.7. The second-order valence-electron chi connectivity index (χ2n) is 6.51. The van der Waals surface area contributed by atoms with Crippen molar-refractivity contribution in [1.29, 1.82) is 0 Å². The van der Waals surface area contributed by atoms with Crippen LogP contribution in [0.3, 0.4) is 0 Å². The molecule has 4 nitrogen and oxygen atoms in total. The van der Waals surface area contributed by atoms with Crippen LogP contribution in [0.25, 0.3) is 0 Å². The Hall–Kier alpha value is -0.320. The first-order valence-electron chi connectivity index (χ1n) is 9.23. The highest BCUT2D eigenvalue weighted by Crippen LogP contribution is 2.13. The van der Waals surface area contributed by atoms with Crippen molar-refractivity contribution in [3.63, 3.8) is 0 Å². The number of aliphatic carboxylic acids is 1. The summed E-state index contributed by atoms with van der Waals surface area (Å²) in [4.78, 5) is 10.5. The number of hydrogen-bond acceptors (Lipinski definition) is 3. The Balaban J connectivity index is 0. The summed E-state index contributed by atoms with van der Waals surface area (Å²) in [6.07, 6.45) is 15.1. The summed E-state index contributed by atoms with van der Waals surface area (Å²) >= 11 is 0. The van der Waals surface area contributed by atoms with Gasteiger partial charge in [0, 0.05) is 6.04 Å². The highest BCUT2D eigenvalue weighted by atomic mass is 35.5. The van der Waals surface area contributed by atoms with Crippen molar-refractivity contribution >= 4 is 18.4 Å². The molecule has 0 saturated carbocycles. The van der Waals surface area contributed by atoms with Gasteiger partial charge in [0.15, 0.2) is 0 Å². The zero-order valence-electron chi connectivity index (χ0n) is 14.8. The molecule has 5 heteroatoms. The van der Waals surface area contributed by atoms with Crippen LogP contribution in [0.1, 0.15) is 96.8 Å². The number of halogens is 1. The summed E-state index contributed by atoms with van der Waals surface area (Å²) in [5.74, 6) is -0.988. The van der Waals surface area contributed by atoms with Gasteiger partial charge in [0.1, 0.15) is 0 Å². The van der Waals surface area contributed by atoms with Gasteiger partial charge in [-0.05, 0) is 6.42 Å². The third kappa shape index (κ3) is 17.9. The van der Waals surface area contributed by atoms with Gasteiger partial charge in [-0.15, -0.1) is 12.4 Å². The van der Waals surface area contributed by atoms with Crippen molar-refractivity contribution in [3.8, 4) is 0 Å². The molecule has 0 aliphatic rings. The van der Waals surface area contributed by atoms with Crippen LogP contribution >= 0.6 is 12.4 Å². The van der Waals surface area contributed by atoms with E-state index in [0.29, 0.717) is 6.42 Å². The number of unbranched alkanes of at least 4 members (excludes halogenated alkanes) is 11. The van der Waals surface area contributed by atoms with E-state index in [-0.39, 0.29) is 18.8 Å². The molecule has 140 valence electrons. The molecule has 0 radical (unpaired) electrons. The van der Waals surface area contributed by atoms with E-state index in [0.717, 1.165) is 12.8 Å². The smallest absolute Gasteiger partial charge is 0.306 e. The first kappa shape index (κ1) is 24.9. The van der Waals surface area contributed by atoms with Gasteiger partial charge in [-0.2, -0.15) is 0 Å². The molecule has 0 aromatic heterocycles. The number of carboxylic acids is 1. The normalized spacial score (nSPS) is 13.3. The number of nitrogens with two attached hydrogens (primary N) is 1. The standard InChI is InChI=1S/C18H37NO3.ClH/c1-2-3-4-5-6-7-8-9-10-11-12-13-14-16(19)17(20)15-18(21)22;/h16-17,20H,2-15,19H2,1H3,(H,21,22);1H/t16?,17-;/m0./s1. The topological polar surface area (TPSA) is 83.5 Å². The summed E-state index contributed by atoms with van der Waals surface area (Å²) in [7, 11) is 0. The van der Waals surface area contributed by atoms with E-state index >= 15 is 0 Å². The Morgan fingerprint density at radius 1 is 0.870 bits per heavy atom. The number of hydrogen-bond donors (Lipinski definition) is 3. The van der Waals surface area contributed by atoms with Crippen LogP contribution in [0.2, 0.25) is 0 Å². The number of carbonyl (C=O) groups is 1. The van der Waals surface area contributed by atoms with E-state index in [1.54, 1.807) is 0 Å². The molecule has 1 unspecified atom stereocenters. The summed E-state index contributed by atoms with van der Waals surface area (Å²) in [5, 5.41) is 18.1. The monoisotopic (exact) mass is 351 g/mol. The molecule has 23 heavy (non-hydrogen) atoms. The Bertz CT molecular complexity index is 265. The second-order valence-corrected chi connectivity index (χ2v) is 6.51. The van der Waals surface area contributed by atoms with Crippen molar-refractivity contribution in [2.24, 2.45) is 5.73 Å². The summed E-state index contributed by atoms with van der Waals surface area (Å²) < 4.78 is 0. The van der Waals surface area contributed by atoms with Crippen LogP contribution in [0.15, 0.2) is 0 Å². The van der Waals surface area contributed by atoms with Crippen molar-refractivity contribution in [2.45, 2.75) is 109 Å². The van der Waals surface area contributed by atoms with E-state index in [9.17, 15) is 9.90 Å². The van der Waals surface area contributed by atoms with E-state index in [1.807, 2.05) is 0 Å². The first-order valence-corrected chi connectivity index (χ1v) is 9.23. The molecule has 4 N–H and O–H groups in total. The van der Waals surface area contributed by atoms with Gasteiger partial charge >= 0.3 is 5.97 Å². The summed E-state index contributed by atoms with van der Waals surface area (Å²) in [6.45, 7) is 2.25. The molecular formula is C18H38ClNO3. The molecule has 0 amide bonds. The molecule has 0 aromatic rings. The zero-order chi connectivity index (χ0) is 16.6. The third-order valence-corrected chi connectivity index (χ3v) is 4.27. The van der Waals surface area contributed by atoms with Gasteiger partial charge in [-0.3, -0.25) is 4.79 Å². The molecule has 0 heterocycles. The average molecular weight is 352 g/mol.